The first kappa shape index (κ1) is 51.2. The molecule has 3 unspecified atom stereocenters. The van der Waals surface area contributed by atoms with E-state index in [2.05, 4.69) is 32.3 Å². The molecular weight excluding hydrogens is 970 g/mol. The van der Waals surface area contributed by atoms with E-state index in [4.69, 9.17) is 11.6 Å². The lowest BCUT2D eigenvalue weighted by Gasteiger charge is -2.25. The van der Waals surface area contributed by atoms with Gasteiger partial charge in [0.15, 0.2) is 10.4 Å². The Balaban J connectivity index is 1.64. The lowest BCUT2D eigenvalue weighted by molar-refractivity contribution is -0.142. The number of rotatable bonds is 12. The lowest BCUT2D eigenvalue weighted by Crippen LogP contribution is -2.44. The highest BCUT2D eigenvalue weighted by Crippen LogP contribution is 2.47. The van der Waals surface area contributed by atoms with Crippen LogP contribution in [0.5, 0.6) is 0 Å². The SMILES string of the molecule is CCN(C)C(=O)N(c1nn(CC(F)(F)F)c2c(-c3ccc(C#CC(C)(C)[S+](C)[O-])nc3C(Cc3cc(F)cc(F)c3)NC(=O)Cn3nc(C(F)(F)F)c4c3C(F)(F)CC4)ccc(Cl)c12)[S+](C)[O-]. The molecule has 5 aromatic rings. The summed E-state index contributed by atoms with van der Waals surface area (Å²) in [6.07, 6.45) is -10.0. The van der Waals surface area contributed by atoms with Gasteiger partial charge in [-0.25, -0.2) is 18.6 Å². The van der Waals surface area contributed by atoms with Crippen molar-refractivity contribution in [3.63, 3.8) is 0 Å². The Hall–Kier alpha value is -5.22. The van der Waals surface area contributed by atoms with Crippen molar-refractivity contribution in [3.8, 4) is 23.0 Å². The summed E-state index contributed by atoms with van der Waals surface area (Å²) in [5.41, 5.74) is -4.90. The molecule has 1 N–H and O–H groups in total. The summed E-state index contributed by atoms with van der Waals surface area (Å²) in [6.45, 7) is 1.69. The van der Waals surface area contributed by atoms with E-state index in [1.165, 1.54) is 37.6 Å². The van der Waals surface area contributed by atoms with Gasteiger partial charge in [-0.3, -0.25) is 14.2 Å². The number of carbonyl (C=O) groups excluding carboxylic acids is 2. The molecular formula is C42H39ClF10N8O4S2. The van der Waals surface area contributed by atoms with E-state index >= 15 is 8.78 Å². The van der Waals surface area contributed by atoms with Crippen molar-refractivity contribution in [3.05, 3.63) is 93.0 Å². The molecule has 6 rings (SSSR count). The maximum Gasteiger partial charge on any atom is 0.435 e. The predicted molar refractivity (Wildman–Crippen MR) is 230 cm³/mol. The molecule has 0 fully saturated rings. The number of hydrogen-bond donors (Lipinski definition) is 1. The Labute approximate surface area is 387 Å². The molecule has 0 saturated heterocycles. The van der Waals surface area contributed by atoms with Crippen LogP contribution in [-0.4, -0.2) is 87.5 Å². The van der Waals surface area contributed by atoms with Gasteiger partial charge in [0, 0.05) is 42.8 Å². The second kappa shape index (κ2) is 19.0. The zero-order chi connectivity index (χ0) is 49.7. The van der Waals surface area contributed by atoms with Gasteiger partial charge in [0.2, 0.25) is 11.7 Å². The predicted octanol–water partition coefficient (Wildman–Crippen LogP) is 8.63. The van der Waals surface area contributed by atoms with Crippen molar-refractivity contribution in [2.24, 2.45) is 0 Å². The maximum absolute atomic E-state index is 15.1. The van der Waals surface area contributed by atoms with Crippen molar-refractivity contribution in [1.82, 2.24) is 34.8 Å². The van der Waals surface area contributed by atoms with Crippen LogP contribution in [0.15, 0.2) is 42.5 Å². The van der Waals surface area contributed by atoms with Gasteiger partial charge in [0.1, 0.15) is 42.4 Å². The van der Waals surface area contributed by atoms with E-state index in [-0.39, 0.29) is 49.7 Å². The molecule has 12 nitrogen and oxygen atoms in total. The van der Waals surface area contributed by atoms with Crippen LogP contribution in [0.25, 0.3) is 22.0 Å². The van der Waals surface area contributed by atoms with Crippen LogP contribution < -0.4 is 9.62 Å². The fourth-order valence-electron chi connectivity index (χ4n) is 7.29. The summed E-state index contributed by atoms with van der Waals surface area (Å²) < 4.78 is 171. The standard InChI is InChI=1S/C42H39ClF10N8O4S2/c1-7-58(4)38(63)61(67(6)65)37-32-29(43)11-10-27(34(32)60(57-37)21-41(48,49)50)26-9-8-25(12-14-39(2,3)66(5)64)54-33(26)30(18-22-16-23(44)19-24(45)17-22)55-31(62)20-59-36-28(13-15-40(36,46)47)35(56-59)42(51,52)53/h8-11,16-17,19,30H,7,13,15,18,20-21H2,1-6H3,(H,55,62). The molecule has 360 valence electrons. The first-order chi connectivity index (χ1) is 31.0. The summed E-state index contributed by atoms with van der Waals surface area (Å²) in [5.74, 6) is -2.24. The number of carbonyl (C=O) groups is 2. The quantitative estimate of drug-likeness (QED) is 0.0748. The average Bonchev–Trinajstić information content (AvgIpc) is 3.87. The summed E-state index contributed by atoms with van der Waals surface area (Å²) in [5, 5.41) is 9.36. The number of hydrogen-bond acceptors (Lipinski definition) is 7. The number of amides is 3. The van der Waals surface area contributed by atoms with Gasteiger partial charge >= 0.3 is 18.4 Å². The molecule has 25 heteroatoms. The van der Waals surface area contributed by atoms with Crippen LogP contribution in [0.4, 0.5) is 54.5 Å². The number of aromatic nitrogens is 5. The third-order valence-corrected chi connectivity index (χ3v) is 13.4. The molecule has 0 bridgehead atoms. The summed E-state index contributed by atoms with van der Waals surface area (Å²) in [6, 6.07) is 4.73. The number of fused-ring (bicyclic) bond motifs is 2. The van der Waals surface area contributed by atoms with E-state index in [9.17, 15) is 53.8 Å². The van der Waals surface area contributed by atoms with Gasteiger partial charge in [-0.05, 0) is 92.5 Å². The molecule has 3 atom stereocenters. The normalized spacial score (nSPS) is 15.1. The first-order valence-electron chi connectivity index (χ1n) is 19.8. The number of nitrogens with one attached hydrogen (secondary N) is 1. The Morgan fingerprint density at radius 2 is 1.63 bits per heavy atom. The number of pyridine rings is 1. The largest absolute Gasteiger partial charge is 0.615 e. The molecule has 2 aromatic carbocycles. The van der Waals surface area contributed by atoms with E-state index in [1.807, 2.05) is 0 Å². The molecule has 67 heavy (non-hydrogen) atoms. The van der Waals surface area contributed by atoms with Gasteiger partial charge < -0.3 is 19.3 Å². The maximum atomic E-state index is 15.1. The van der Waals surface area contributed by atoms with Crippen molar-refractivity contribution in [2.75, 3.05) is 30.4 Å². The molecule has 0 aliphatic heterocycles. The van der Waals surface area contributed by atoms with Crippen LogP contribution in [0.2, 0.25) is 5.02 Å². The van der Waals surface area contributed by atoms with E-state index in [0.29, 0.717) is 15.1 Å². The molecule has 3 amide bonds. The van der Waals surface area contributed by atoms with Crippen molar-refractivity contribution < 1.29 is 62.6 Å². The van der Waals surface area contributed by atoms with Crippen LogP contribution in [0.1, 0.15) is 67.1 Å². The Morgan fingerprint density at radius 1 is 0.985 bits per heavy atom. The zero-order valence-corrected chi connectivity index (χ0v) is 38.5. The van der Waals surface area contributed by atoms with Crippen LogP contribution in [0.3, 0.4) is 0 Å². The smallest absolute Gasteiger partial charge is 0.435 e. The summed E-state index contributed by atoms with van der Waals surface area (Å²) >= 11 is 2.88. The summed E-state index contributed by atoms with van der Waals surface area (Å²) in [7, 11) is 1.34. The molecule has 0 saturated carbocycles. The van der Waals surface area contributed by atoms with Gasteiger partial charge in [0.25, 0.3) is 5.92 Å². The number of halogens is 11. The minimum absolute atomic E-state index is 0.0689. The van der Waals surface area contributed by atoms with Crippen molar-refractivity contribution in [2.45, 2.75) is 82.2 Å². The molecule has 0 spiro atoms. The molecule has 1 aliphatic rings. The van der Waals surface area contributed by atoms with E-state index in [0.717, 1.165) is 23.3 Å². The average molecular weight is 1010 g/mol. The van der Waals surface area contributed by atoms with E-state index < -0.39 is 136 Å². The van der Waals surface area contributed by atoms with Crippen molar-refractivity contribution in [1.29, 1.82) is 0 Å². The van der Waals surface area contributed by atoms with E-state index in [1.54, 1.807) is 20.8 Å². The number of benzene rings is 2. The molecule has 0 radical (unpaired) electrons. The van der Waals surface area contributed by atoms with Gasteiger partial charge in [-0.1, -0.05) is 22.0 Å². The highest BCUT2D eigenvalue weighted by molar-refractivity contribution is 7.93. The Bertz CT molecular complexity index is 2770. The number of nitrogens with zero attached hydrogens (tertiary/aromatic N) is 7. The second-order valence-corrected chi connectivity index (χ2v) is 19.5. The van der Waals surface area contributed by atoms with Crippen LogP contribution in [0, 0.1) is 23.5 Å². The molecule has 1 aliphatic carbocycles. The minimum Gasteiger partial charge on any atom is -0.615 e. The highest BCUT2D eigenvalue weighted by Gasteiger charge is 2.50. The minimum atomic E-state index is -5.18. The number of urea groups is 1. The van der Waals surface area contributed by atoms with Crippen molar-refractivity contribution >= 4 is 62.8 Å². The monoisotopic (exact) mass is 1010 g/mol. The molecule has 3 aromatic heterocycles. The van der Waals surface area contributed by atoms with Crippen LogP contribution >= 0.6 is 11.6 Å². The third-order valence-electron chi connectivity index (χ3n) is 10.7. The van der Waals surface area contributed by atoms with Gasteiger partial charge in [-0.2, -0.15) is 40.2 Å². The van der Waals surface area contributed by atoms with Gasteiger partial charge in [0.05, 0.1) is 45.3 Å². The number of alkyl halides is 8. The Morgan fingerprint density at radius 3 is 2.21 bits per heavy atom. The fraction of sp³-hybridized carbons (Fsp3) is 0.405. The number of anilines is 1. The summed E-state index contributed by atoms with van der Waals surface area (Å²) in [4.78, 5) is 33.4. The first-order valence-corrected chi connectivity index (χ1v) is 23.3. The highest BCUT2D eigenvalue weighted by atomic mass is 35.5. The topological polar surface area (TPSA) is 147 Å². The van der Waals surface area contributed by atoms with Crippen LogP contribution in [-0.2, 0) is 65.4 Å². The third kappa shape index (κ3) is 11.1. The second-order valence-electron chi connectivity index (χ2n) is 15.9. The fourth-order valence-corrected chi connectivity index (χ4v) is 8.45. The Kier molecular flexibility index (Phi) is 14.6. The molecule has 3 heterocycles. The van der Waals surface area contributed by atoms with Gasteiger partial charge in [-0.15, -0.1) is 5.10 Å². The lowest BCUT2D eigenvalue weighted by atomic mass is 9.93. The zero-order valence-electron chi connectivity index (χ0n) is 36.1.